The zero-order chi connectivity index (χ0) is 20.6. The van der Waals surface area contributed by atoms with Crippen LogP contribution in [0, 0.1) is 0 Å². The summed E-state index contributed by atoms with van der Waals surface area (Å²) in [7, 11) is 4.19. The fraction of sp³-hybridized carbons (Fsp3) is 0.455. The van der Waals surface area contributed by atoms with E-state index in [1.54, 1.807) is 6.20 Å². The summed E-state index contributed by atoms with van der Waals surface area (Å²) in [6.45, 7) is 5.39. The molecule has 1 aliphatic rings. The normalized spacial score (nSPS) is 17.6. The van der Waals surface area contributed by atoms with Crippen molar-refractivity contribution in [3.63, 3.8) is 0 Å². The lowest BCUT2D eigenvalue weighted by Crippen LogP contribution is -2.45. The number of pyridine rings is 1. The van der Waals surface area contributed by atoms with Gasteiger partial charge >= 0.3 is 0 Å². The molecule has 2 atom stereocenters. The molecule has 2 unspecified atom stereocenters. The van der Waals surface area contributed by atoms with Crippen LogP contribution in [0.2, 0.25) is 5.02 Å². The van der Waals surface area contributed by atoms with Crippen LogP contribution < -0.4 is 15.5 Å². The Balaban J connectivity index is 0.00000320. The predicted molar refractivity (Wildman–Crippen MR) is 137 cm³/mol. The Kier molecular flexibility index (Phi) is 10.1. The number of anilines is 1. The predicted octanol–water partition coefficient (Wildman–Crippen LogP) is 3.79. The van der Waals surface area contributed by atoms with Crippen molar-refractivity contribution < 1.29 is 0 Å². The second kappa shape index (κ2) is 12.3. The molecule has 0 aliphatic carbocycles. The summed E-state index contributed by atoms with van der Waals surface area (Å²) in [6, 6.07) is 14.8. The van der Waals surface area contributed by atoms with Gasteiger partial charge in [0.25, 0.3) is 0 Å². The van der Waals surface area contributed by atoms with E-state index in [0.717, 1.165) is 37.8 Å². The van der Waals surface area contributed by atoms with E-state index < -0.39 is 0 Å². The number of aromatic nitrogens is 1. The van der Waals surface area contributed by atoms with Gasteiger partial charge in [-0.25, -0.2) is 4.98 Å². The van der Waals surface area contributed by atoms with Gasteiger partial charge in [0.2, 0.25) is 0 Å². The summed E-state index contributed by atoms with van der Waals surface area (Å²) in [5.74, 6) is 1.71. The van der Waals surface area contributed by atoms with Gasteiger partial charge in [-0.3, -0.25) is 4.99 Å². The number of halogens is 2. The van der Waals surface area contributed by atoms with Crippen molar-refractivity contribution >= 4 is 47.4 Å². The summed E-state index contributed by atoms with van der Waals surface area (Å²) in [4.78, 5) is 13.8. The Morgan fingerprint density at radius 1 is 1.27 bits per heavy atom. The number of benzene rings is 1. The average Bonchev–Trinajstić information content (AvgIpc) is 3.17. The van der Waals surface area contributed by atoms with E-state index >= 15 is 0 Å². The van der Waals surface area contributed by atoms with Crippen molar-refractivity contribution in [2.24, 2.45) is 4.99 Å². The molecule has 2 heterocycles. The first-order valence-electron chi connectivity index (χ1n) is 10.2. The third kappa shape index (κ3) is 6.72. The molecule has 3 rings (SSSR count). The zero-order valence-electron chi connectivity index (χ0n) is 17.9. The molecule has 0 spiro atoms. The molecule has 0 radical (unpaired) electrons. The van der Waals surface area contributed by atoms with Crippen LogP contribution >= 0.6 is 35.6 Å². The molecule has 2 aromatic rings. The summed E-state index contributed by atoms with van der Waals surface area (Å²) < 4.78 is 0. The van der Waals surface area contributed by atoms with E-state index in [-0.39, 0.29) is 30.0 Å². The number of hydrogen-bond donors (Lipinski definition) is 2. The van der Waals surface area contributed by atoms with Gasteiger partial charge in [-0.15, -0.1) is 24.0 Å². The number of nitrogens with zero attached hydrogens (tertiary/aromatic N) is 4. The van der Waals surface area contributed by atoms with Gasteiger partial charge in [0.05, 0.1) is 17.6 Å². The Hall–Kier alpha value is -1.58. The molecule has 2 N–H and O–H groups in total. The highest BCUT2D eigenvalue weighted by Gasteiger charge is 2.25. The van der Waals surface area contributed by atoms with Crippen LogP contribution in [0.4, 0.5) is 5.82 Å². The minimum absolute atomic E-state index is 0. The van der Waals surface area contributed by atoms with Crippen molar-refractivity contribution in [2.75, 3.05) is 45.2 Å². The summed E-state index contributed by atoms with van der Waals surface area (Å²) >= 11 is 6.31. The standard InChI is InChI=1S/C22H31ClN6.HI/c1-4-24-22(26-15-20(28(2)3)17-9-6-5-7-10-17)27-18-12-14-29(16-18)21-19(23)11-8-13-25-21;/h5-11,13,18,20H,4,12,14-16H2,1-3H3,(H2,24,26,27);1H. The Labute approximate surface area is 202 Å². The zero-order valence-corrected chi connectivity index (χ0v) is 21.0. The average molecular weight is 543 g/mol. The van der Waals surface area contributed by atoms with Gasteiger partial charge < -0.3 is 20.4 Å². The molecule has 1 saturated heterocycles. The van der Waals surface area contributed by atoms with Gasteiger partial charge in [0.15, 0.2) is 5.96 Å². The van der Waals surface area contributed by atoms with Gasteiger partial charge in [-0.2, -0.15) is 0 Å². The third-order valence-electron chi connectivity index (χ3n) is 5.14. The van der Waals surface area contributed by atoms with Crippen molar-refractivity contribution in [3.05, 3.63) is 59.2 Å². The number of rotatable bonds is 7. The lowest BCUT2D eigenvalue weighted by atomic mass is 10.1. The minimum atomic E-state index is 0. The molecule has 1 aromatic carbocycles. The van der Waals surface area contributed by atoms with Crippen LogP contribution in [0.15, 0.2) is 53.7 Å². The van der Waals surface area contributed by atoms with Crippen LogP contribution in [0.3, 0.4) is 0 Å². The molecule has 1 aliphatic heterocycles. The second-order valence-electron chi connectivity index (χ2n) is 7.49. The van der Waals surface area contributed by atoms with E-state index in [1.165, 1.54) is 5.56 Å². The molecular formula is C22H32ClIN6. The molecule has 0 bridgehead atoms. The fourth-order valence-electron chi connectivity index (χ4n) is 3.61. The Morgan fingerprint density at radius 3 is 2.70 bits per heavy atom. The number of guanidine groups is 1. The number of aliphatic imine (C=N–C) groups is 1. The molecule has 6 nitrogen and oxygen atoms in total. The maximum atomic E-state index is 6.31. The SMILES string of the molecule is CCNC(=NCC(c1ccccc1)N(C)C)NC1CCN(c2ncccc2Cl)C1.I. The first kappa shape index (κ1) is 24.7. The molecule has 8 heteroatoms. The van der Waals surface area contributed by atoms with Crippen LogP contribution in [-0.2, 0) is 0 Å². The second-order valence-corrected chi connectivity index (χ2v) is 7.90. The lowest BCUT2D eigenvalue weighted by Gasteiger charge is -2.24. The number of likely N-dealkylation sites (N-methyl/N-ethyl adjacent to an activating group) is 1. The summed E-state index contributed by atoms with van der Waals surface area (Å²) in [5, 5.41) is 7.67. The summed E-state index contributed by atoms with van der Waals surface area (Å²) in [5.41, 5.74) is 1.27. The van der Waals surface area contributed by atoms with Gasteiger partial charge in [-0.1, -0.05) is 41.9 Å². The van der Waals surface area contributed by atoms with Crippen LogP contribution in [0.1, 0.15) is 24.9 Å². The van der Waals surface area contributed by atoms with E-state index in [2.05, 4.69) is 70.7 Å². The third-order valence-corrected chi connectivity index (χ3v) is 5.44. The molecule has 0 amide bonds. The smallest absolute Gasteiger partial charge is 0.191 e. The quantitative estimate of drug-likeness (QED) is 0.317. The topological polar surface area (TPSA) is 55.8 Å². The van der Waals surface area contributed by atoms with Crippen molar-refractivity contribution in [1.29, 1.82) is 0 Å². The van der Waals surface area contributed by atoms with Crippen LogP contribution in [-0.4, -0.2) is 62.2 Å². The first-order chi connectivity index (χ1) is 14.1. The van der Waals surface area contributed by atoms with E-state index in [9.17, 15) is 0 Å². The van der Waals surface area contributed by atoms with Crippen molar-refractivity contribution in [3.8, 4) is 0 Å². The fourth-order valence-corrected chi connectivity index (χ4v) is 3.85. The number of nitrogens with one attached hydrogen (secondary N) is 2. The molecule has 1 fully saturated rings. The van der Waals surface area contributed by atoms with Crippen molar-refractivity contribution in [1.82, 2.24) is 20.5 Å². The van der Waals surface area contributed by atoms with Gasteiger partial charge in [-0.05, 0) is 45.1 Å². The minimum Gasteiger partial charge on any atom is -0.357 e. The lowest BCUT2D eigenvalue weighted by molar-refractivity contribution is 0.306. The monoisotopic (exact) mass is 542 g/mol. The molecule has 1 aromatic heterocycles. The Bertz CT molecular complexity index is 801. The highest BCUT2D eigenvalue weighted by Crippen LogP contribution is 2.25. The van der Waals surface area contributed by atoms with E-state index in [0.29, 0.717) is 17.6 Å². The summed E-state index contributed by atoms with van der Waals surface area (Å²) in [6.07, 6.45) is 2.81. The number of hydrogen-bond acceptors (Lipinski definition) is 4. The molecule has 164 valence electrons. The maximum Gasteiger partial charge on any atom is 0.191 e. The molecule has 0 saturated carbocycles. The van der Waals surface area contributed by atoms with E-state index in [1.807, 2.05) is 18.2 Å². The highest BCUT2D eigenvalue weighted by molar-refractivity contribution is 14.0. The van der Waals surface area contributed by atoms with E-state index in [4.69, 9.17) is 16.6 Å². The highest BCUT2D eigenvalue weighted by atomic mass is 127. The maximum absolute atomic E-state index is 6.31. The van der Waals surface area contributed by atoms with Crippen molar-refractivity contribution in [2.45, 2.75) is 25.4 Å². The Morgan fingerprint density at radius 2 is 2.03 bits per heavy atom. The van der Waals surface area contributed by atoms with Crippen LogP contribution in [0.5, 0.6) is 0 Å². The largest absolute Gasteiger partial charge is 0.357 e. The first-order valence-corrected chi connectivity index (χ1v) is 10.6. The van der Waals surface area contributed by atoms with Gasteiger partial charge in [0.1, 0.15) is 5.82 Å². The van der Waals surface area contributed by atoms with Crippen LogP contribution in [0.25, 0.3) is 0 Å². The molecular weight excluding hydrogens is 511 g/mol. The molecule has 30 heavy (non-hydrogen) atoms. The van der Waals surface area contributed by atoms with Gasteiger partial charge in [0, 0.05) is 31.9 Å².